The van der Waals surface area contributed by atoms with Gasteiger partial charge >= 0.3 is 11.8 Å². The van der Waals surface area contributed by atoms with Gasteiger partial charge in [-0.05, 0) is 12.0 Å². The summed E-state index contributed by atoms with van der Waals surface area (Å²) in [5.41, 5.74) is 0.692. The lowest BCUT2D eigenvalue weighted by Crippen LogP contribution is -2.57. The van der Waals surface area contributed by atoms with E-state index in [1.165, 1.54) is 4.90 Å². The first-order valence-electron chi connectivity index (χ1n) is 10.3. The summed E-state index contributed by atoms with van der Waals surface area (Å²) in [4.78, 5) is 47.9. The Labute approximate surface area is 177 Å². The number of benzene rings is 1. The van der Waals surface area contributed by atoms with Crippen molar-refractivity contribution in [3.8, 4) is 0 Å². The molecule has 0 N–H and O–H groups in total. The summed E-state index contributed by atoms with van der Waals surface area (Å²) in [6.07, 6.45) is 5.30. The number of unbranched alkanes of at least 4 members (excludes halogenated alkanes) is 1. The van der Waals surface area contributed by atoms with Gasteiger partial charge in [-0.3, -0.25) is 14.4 Å². The number of rotatable bonds is 8. The molecule has 1 aliphatic rings. The van der Waals surface area contributed by atoms with Gasteiger partial charge in [0.1, 0.15) is 11.9 Å². The zero-order valence-corrected chi connectivity index (χ0v) is 17.8. The number of imidazole rings is 1. The summed E-state index contributed by atoms with van der Waals surface area (Å²) >= 11 is 0. The van der Waals surface area contributed by atoms with E-state index in [-0.39, 0.29) is 5.91 Å². The van der Waals surface area contributed by atoms with Crippen molar-refractivity contribution in [2.24, 2.45) is 7.05 Å². The van der Waals surface area contributed by atoms with E-state index >= 15 is 0 Å². The van der Waals surface area contributed by atoms with E-state index in [2.05, 4.69) is 4.98 Å². The Balaban J connectivity index is 1.85. The Kier molecular flexibility index (Phi) is 6.87. The molecule has 1 aromatic heterocycles. The first kappa shape index (κ1) is 21.5. The average Bonchev–Trinajstić information content (AvgIpc) is 3.15. The van der Waals surface area contributed by atoms with Crippen molar-refractivity contribution in [2.45, 2.75) is 32.4 Å². The van der Waals surface area contributed by atoms with E-state index in [0.29, 0.717) is 31.7 Å². The molecule has 1 saturated heterocycles. The largest absolute Gasteiger partial charge is 0.337 e. The monoisotopic (exact) mass is 411 g/mol. The fourth-order valence-corrected chi connectivity index (χ4v) is 3.64. The number of carbonyl (C=O) groups excluding carboxylic acids is 3. The van der Waals surface area contributed by atoms with E-state index in [1.54, 1.807) is 23.0 Å². The average molecular weight is 412 g/mol. The Morgan fingerprint density at radius 1 is 1.17 bits per heavy atom. The maximum atomic E-state index is 13.5. The summed E-state index contributed by atoms with van der Waals surface area (Å²) in [7, 11) is 3.56. The third-order valence-corrected chi connectivity index (χ3v) is 5.46. The van der Waals surface area contributed by atoms with E-state index in [1.807, 2.05) is 55.1 Å². The molecule has 1 fully saturated rings. The van der Waals surface area contributed by atoms with Crippen molar-refractivity contribution >= 4 is 17.7 Å². The van der Waals surface area contributed by atoms with Crippen molar-refractivity contribution < 1.29 is 14.4 Å². The van der Waals surface area contributed by atoms with Gasteiger partial charge in [-0.1, -0.05) is 43.7 Å². The number of hydrogen-bond acceptors (Lipinski definition) is 4. The number of piperazine rings is 1. The molecule has 0 saturated carbocycles. The van der Waals surface area contributed by atoms with E-state index in [9.17, 15) is 14.4 Å². The highest BCUT2D eigenvalue weighted by molar-refractivity contribution is 6.35. The minimum absolute atomic E-state index is 0.243. The summed E-state index contributed by atoms with van der Waals surface area (Å²) in [6.45, 7) is 3.69. The molecular formula is C22H29N5O3. The molecule has 1 unspecified atom stereocenters. The summed E-state index contributed by atoms with van der Waals surface area (Å²) in [6, 6.07) is 8.31. The first-order valence-corrected chi connectivity index (χ1v) is 10.3. The second-order valence-corrected chi connectivity index (χ2v) is 7.61. The van der Waals surface area contributed by atoms with Gasteiger partial charge in [-0.15, -0.1) is 0 Å². The fraction of sp³-hybridized carbons (Fsp3) is 0.455. The highest BCUT2D eigenvalue weighted by atomic mass is 16.2. The fourth-order valence-electron chi connectivity index (χ4n) is 3.64. The molecule has 30 heavy (non-hydrogen) atoms. The molecule has 8 nitrogen and oxygen atoms in total. The number of amides is 3. The highest BCUT2D eigenvalue weighted by Crippen LogP contribution is 2.26. The van der Waals surface area contributed by atoms with E-state index < -0.39 is 17.9 Å². The molecular weight excluding hydrogens is 382 g/mol. The predicted octanol–water partition coefficient (Wildman–Crippen LogP) is 1.59. The quantitative estimate of drug-likeness (QED) is 0.618. The molecule has 2 aromatic rings. The molecule has 0 bridgehead atoms. The summed E-state index contributed by atoms with van der Waals surface area (Å²) in [5, 5.41) is 0. The molecule has 3 rings (SSSR count). The number of aromatic nitrogens is 2. The zero-order valence-electron chi connectivity index (χ0n) is 17.8. The topological polar surface area (TPSA) is 78.8 Å². The molecule has 2 heterocycles. The highest BCUT2D eigenvalue weighted by Gasteiger charge is 2.40. The number of hydrogen-bond donors (Lipinski definition) is 0. The smallest absolute Gasteiger partial charge is 0.313 e. The van der Waals surface area contributed by atoms with Gasteiger partial charge < -0.3 is 19.3 Å². The van der Waals surface area contributed by atoms with Gasteiger partial charge in [0.05, 0.1) is 6.54 Å². The van der Waals surface area contributed by atoms with Crippen molar-refractivity contribution in [2.75, 3.05) is 26.7 Å². The summed E-state index contributed by atoms with van der Waals surface area (Å²) in [5.74, 6) is -0.656. The minimum atomic E-state index is -0.846. The van der Waals surface area contributed by atoms with Crippen LogP contribution in [-0.2, 0) is 28.0 Å². The van der Waals surface area contributed by atoms with Crippen LogP contribution >= 0.6 is 0 Å². The van der Waals surface area contributed by atoms with Gasteiger partial charge in [0, 0.05) is 46.1 Å². The van der Waals surface area contributed by atoms with Crippen LogP contribution in [0.2, 0.25) is 0 Å². The van der Waals surface area contributed by atoms with Crippen LogP contribution in [0.4, 0.5) is 0 Å². The third-order valence-electron chi connectivity index (χ3n) is 5.46. The van der Waals surface area contributed by atoms with Crippen LogP contribution < -0.4 is 0 Å². The standard InChI is InChI=1S/C22H29N5O3/c1-4-5-12-26-14-15-27(22(30)21(26)29)19(17-9-7-6-8-10-17)20(28)25(3)16-18-23-11-13-24(18)2/h6-11,13,19H,4-5,12,14-16H2,1-3H3. The second-order valence-electron chi connectivity index (χ2n) is 7.61. The van der Waals surface area contributed by atoms with Crippen molar-refractivity contribution in [3.05, 3.63) is 54.1 Å². The van der Waals surface area contributed by atoms with Crippen molar-refractivity contribution in [1.29, 1.82) is 0 Å². The lowest BCUT2D eigenvalue weighted by Gasteiger charge is -2.39. The number of likely N-dealkylation sites (N-methyl/N-ethyl adjacent to an activating group) is 1. The molecule has 0 spiro atoms. The Hall–Kier alpha value is -3.16. The maximum absolute atomic E-state index is 13.5. The molecule has 160 valence electrons. The Bertz CT molecular complexity index is 895. The SMILES string of the molecule is CCCCN1CCN(C(C(=O)N(C)Cc2nccn2C)c2ccccc2)C(=O)C1=O. The number of carbonyl (C=O) groups is 3. The maximum Gasteiger partial charge on any atom is 0.313 e. The lowest BCUT2D eigenvalue weighted by atomic mass is 10.0. The number of nitrogens with zero attached hydrogens (tertiary/aromatic N) is 5. The lowest BCUT2D eigenvalue weighted by molar-refractivity contribution is -0.161. The predicted molar refractivity (Wildman–Crippen MR) is 112 cm³/mol. The molecule has 1 atom stereocenters. The van der Waals surface area contributed by atoms with Gasteiger partial charge in [-0.2, -0.15) is 0 Å². The molecule has 1 aliphatic heterocycles. The van der Waals surface area contributed by atoms with Crippen LogP contribution in [0.1, 0.15) is 37.2 Å². The van der Waals surface area contributed by atoms with Gasteiger partial charge in [-0.25, -0.2) is 4.98 Å². The van der Waals surface area contributed by atoms with Crippen LogP contribution in [0, 0.1) is 0 Å². The number of aryl methyl sites for hydroxylation is 1. The normalized spacial score (nSPS) is 15.4. The molecule has 1 aromatic carbocycles. The van der Waals surface area contributed by atoms with Crippen LogP contribution in [0.5, 0.6) is 0 Å². The Morgan fingerprint density at radius 3 is 2.53 bits per heavy atom. The van der Waals surface area contributed by atoms with Crippen LogP contribution in [0.25, 0.3) is 0 Å². The first-order chi connectivity index (χ1) is 14.4. The Morgan fingerprint density at radius 2 is 1.90 bits per heavy atom. The molecule has 0 aliphatic carbocycles. The van der Waals surface area contributed by atoms with Crippen LogP contribution in [-0.4, -0.2) is 68.7 Å². The van der Waals surface area contributed by atoms with E-state index in [4.69, 9.17) is 0 Å². The van der Waals surface area contributed by atoms with Gasteiger partial charge in [0.25, 0.3) is 0 Å². The van der Waals surface area contributed by atoms with Gasteiger partial charge in [0.15, 0.2) is 0 Å². The molecule has 8 heteroatoms. The van der Waals surface area contributed by atoms with Gasteiger partial charge in [0.2, 0.25) is 5.91 Å². The second kappa shape index (κ2) is 9.56. The summed E-state index contributed by atoms with van der Waals surface area (Å²) < 4.78 is 1.85. The molecule has 3 amide bonds. The van der Waals surface area contributed by atoms with Crippen LogP contribution in [0.15, 0.2) is 42.7 Å². The molecule has 0 radical (unpaired) electrons. The van der Waals surface area contributed by atoms with Crippen molar-refractivity contribution in [1.82, 2.24) is 24.3 Å². The third kappa shape index (κ3) is 4.53. The minimum Gasteiger partial charge on any atom is -0.337 e. The zero-order chi connectivity index (χ0) is 21.7. The van der Waals surface area contributed by atoms with Crippen molar-refractivity contribution in [3.63, 3.8) is 0 Å². The van der Waals surface area contributed by atoms with Crippen LogP contribution in [0.3, 0.4) is 0 Å². The van der Waals surface area contributed by atoms with E-state index in [0.717, 1.165) is 18.7 Å².